The lowest BCUT2D eigenvalue weighted by atomic mass is 10.1. The van der Waals surface area contributed by atoms with Gasteiger partial charge in [0.15, 0.2) is 5.78 Å². The topological polar surface area (TPSA) is 34.9 Å². The Hall–Kier alpha value is -1.12. The van der Waals surface area contributed by atoms with E-state index in [1.165, 1.54) is 0 Å². The molecule has 3 nitrogen and oxygen atoms in total. The molecule has 0 amide bonds. The van der Waals surface area contributed by atoms with Crippen molar-refractivity contribution in [2.75, 3.05) is 0 Å². The maximum absolute atomic E-state index is 11.1. The molecule has 0 aliphatic carbocycles. The zero-order valence-electron chi connectivity index (χ0n) is 7.96. The van der Waals surface area contributed by atoms with Crippen molar-refractivity contribution in [3.05, 3.63) is 18.2 Å². The molecule has 1 aromatic rings. The van der Waals surface area contributed by atoms with Crippen molar-refractivity contribution in [1.29, 1.82) is 0 Å². The summed E-state index contributed by atoms with van der Waals surface area (Å²) in [5.41, 5.74) is 0.597. The van der Waals surface area contributed by atoms with Gasteiger partial charge in [-0.3, -0.25) is 4.79 Å². The van der Waals surface area contributed by atoms with E-state index in [1.807, 2.05) is 25.3 Å². The maximum Gasteiger partial charge on any atom is 0.177 e. The number of Topliss-reactive ketones (excluding diaryl/α,β-unsaturated/α-hetero) is 1. The average molecular weight is 166 g/mol. The van der Waals surface area contributed by atoms with E-state index in [4.69, 9.17) is 0 Å². The van der Waals surface area contributed by atoms with E-state index in [0.29, 0.717) is 5.69 Å². The number of rotatable bonds is 1. The predicted molar refractivity (Wildman–Crippen MR) is 47.2 cm³/mol. The number of hydrogen-bond donors (Lipinski definition) is 0. The summed E-state index contributed by atoms with van der Waals surface area (Å²) >= 11 is 0. The Kier molecular flexibility index (Phi) is 2.04. The van der Waals surface area contributed by atoms with Gasteiger partial charge in [0.2, 0.25) is 0 Å². The summed E-state index contributed by atoms with van der Waals surface area (Å²) in [5, 5.41) is 0. The Balaban J connectivity index is 3.17. The van der Waals surface area contributed by atoms with Crippen molar-refractivity contribution >= 4 is 5.78 Å². The molecule has 0 N–H and O–H groups in total. The fourth-order valence-corrected chi connectivity index (χ4v) is 1.09. The molecular formula is C9H14N2O. The number of aromatic nitrogens is 2. The number of hydrogen-bond acceptors (Lipinski definition) is 2. The third-order valence-electron chi connectivity index (χ3n) is 1.72. The van der Waals surface area contributed by atoms with Crippen LogP contribution in [0.5, 0.6) is 0 Å². The van der Waals surface area contributed by atoms with Gasteiger partial charge in [-0.2, -0.15) is 0 Å². The molecule has 0 saturated heterocycles. The van der Waals surface area contributed by atoms with E-state index in [2.05, 4.69) is 4.98 Å². The van der Waals surface area contributed by atoms with Crippen LogP contribution in [0, 0.1) is 0 Å². The maximum atomic E-state index is 11.1. The van der Waals surface area contributed by atoms with E-state index in [9.17, 15) is 4.79 Å². The zero-order valence-corrected chi connectivity index (χ0v) is 7.96. The first-order valence-corrected chi connectivity index (χ1v) is 3.96. The first-order chi connectivity index (χ1) is 5.43. The van der Waals surface area contributed by atoms with Crippen LogP contribution >= 0.6 is 0 Å². The van der Waals surface area contributed by atoms with Crippen LogP contribution in [-0.4, -0.2) is 15.3 Å². The highest BCUT2D eigenvalue weighted by molar-refractivity contribution is 5.92. The van der Waals surface area contributed by atoms with Gasteiger partial charge in [-0.05, 0) is 20.8 Å². The van der Waals surface area contributed by atoms with Crippen LogP contribution in [0.25, 0.3) is 0 Å². The van der Waals surface area contributed by atoms with Crippen molar-refractivity contribution in [3.63, 3.8) is 0 Å². The van der Waals surface area contributed by atoms with Gasteiger partial charge in [-0.25, -0.2) is 4.98 Å². The molecular weight excluding hydrogens is 152 g/mol. The van der Waals surface area contributed by atoms with Gasteiger partial charge in [0.25, 0.3) is 0 Å². The molecule has 1 heterocycles. The van der Waals surface area contributed by atoms with Crippen LogP contribution in [-0.2, 0) is 5.54 Å². The average Bonchev–Trinajstić information content (AvgIpc) is 2.30. The van der Waals surface area contributed by atoms with Crippen molar-refractivity contribution in [2.24, 2.45) is 0 Å². The minimum absolute atomic E-state index is 0.0578. The largest absolute Gasteiger partial charge is 0.323 e. The molecule has 0 atom stereocenters. The Morgan fingerprint density at radius 1 is 1.50 bits per heavy atom. The molecule has 12 heavy (non-hydrogen) atoms. The van der Waals surface area contributed by atoms with Crippen molar-refractivity contribution in [3.8, 4) is 0 Å². The van der Waals surface area contributed by atoms with Gasteiger partial charge in [0, 0.05) is 12.5 Å². The Morgan fingerprint density at radius 3 is 2.42 bits per heavy atom. The molecule has 0 aliphatic rings. The fourth-order valence-electron chi connectivity index (χ4n) is 1.09. The summed E-state index contributed by atoms with van der Waals surface area (Å²) in [6.07, 6.45) is 3.30. The van der Waals surface area contributed by atoms with Gasteiger partial charge in [0.1, 0.15) is 5.69 Å². The van der Waals surface area contributed by atoms with Crippen molar-refractivity contribution in [1.82, 2.24) is 9.55 Å². The van der Waals surface area contributed by atoms with E-state index < -0.39 is 0 Å². The minimum atomic E-state index is -0.0719. The molecule has 0 spiro atoms. The summed E-state index contributed by atoms with van der Waals surface area (Å²) in [7, 11) is 0. The lowest BCUT2D eigenvalue weighted by molar-refractivity contribution is 0.0999. The SMILES string of the molecule is CC(=O)c1cncn1C(C)(C)C. The van der Waals surface area contributed by atoms with E-state index in [-0.39, 0.29) is 11.3 Å². The first kappa shape index (κ1) is 8.97. The number of imidazole rings is 1. The summed E-state index contributed by atoms with van der Waals surface area (Å²) < 4.78 is 1.88. The fraction of sp³-hybridized carbons (Fsp3) is 0.556. The highest BCUT2D eigenvalue weighted by atomic mass is 16.1. The molecule has 66 valence electrons. The number of carbonyl (C=O) groups excluding carboxylic acids is 1. The molecule has 0 aromatic carbocycles. The van der Waals surface area contributed by atoms with Crippen LogP contribution in [0.4, 0.5) is 0 Å². The predicted octanol–water partition coefficient (Wildman–Crippen LogP) is 1.84. The number of carbonyl (C=O) groups is 1. The molecule has 0 bridgehead atoms. The van der Waals surface area contributed by atoms with Crippen LogP contribution < -0.4 is 0 Å². The van der Waals surface area contributed by atoms with Crippen LogP contribution in [0.3, 0.4) is 0 Å². The Bertz CT molecular complexity index is 294. The molecule has 0 unspecified atom stereocenters. The second-order valence-corrected chi connectivity index (χ2v) is 3.88. The zero-order chi connectivity index (χ0) is 9.35. The Labute approximate surface area is 72.4 Å². The monoisotopic (exact) mass is 166 g/mol. The van der Waals surface area contributed by atoms with Crippen LogP contribution in [0.2, 0.25) is 0 Å². The van der Waals surface area contributed by atoms with E-state index >= 15 is 0 Å². The Morgan fingerprint density at radius 2 is 2.08 bits per heavy atom. The summed E-state index contributed by atoms with van der Waals surface area (Å²) in [6.45, 7) is 7.68. The van der Waals surface area contributed by atoms with Gasteiger partial charge in [-0.15, -0.1) is 0 Å². The molecule has 3 heteroatoms. The molecule has 0 fully saturated rings. The normalized spacial score (nSPS) is 11.7. The lowest BCUT2D eigenvalue weighted by Gasteiger charge is -2.22. The highest BCUT2D eigenvalue weighted by Crippen LogP contribution is 2.16. The molecule has 0 aliphatic heterocycles. The first-order valence-electron chi connectivity index (χ1n) is 3.96. The van der Waals surface area contributed by atoms with E-state index in [1.54, 1.807) is 19.4 Å². The molecule has 0 radical (unpaired) electrons. The minimum Gasteiger partial charge on any atom is -0.323 e. The quantitative estimate of drug-likeness (QED) is 0.597. The summed E-state index contributed by atoms with van der Waals surface area (Å²) in [6, 6.07) is 0. The van der Waals surface area contributed by atoms with Crippen molar-refractivity contribution < 1.29 is 4.79 Å². The van der Waals surface area contributed by atoms with Gasteiger partial charge in [-0.1, -0.05) is 0 Å². The van der Waals surface area contributed by atoms with Crippen LogP contribution in [0.1, 0.15) is 38.2 Å². The van der Waals surface area contributed by atoms with Gasteiger partial charge >= 0.3 is 0 Å². The second-order valence-electron chi connectivity index (χ2n) is 3.88. The molecule has 1 rings (SSSR count). The number of nitrogens with zero attached hydrogens (tertiary/aromatic N) is 2. The smallest absolute Gasteiger partial charge is 0.177 e. The van der Waals surface area contributed by atoms with E-state index in [0.717, 1.165) is 0 Å². The number of ketones is 1. The van der Waals surface area contributed by atoms with Crippen LogP contribution in [0.15, 0.2) is 12.5 Å². The van der Waals surface area contributed by atoms with Gasteiger partial charge in [0.05, 0.1) is 12.5 Å². The lowest BCUT2D eigenvalue weighted by Crippen LogP contribution is -2.24. The van der Waals surface area contributed by atoms with Crippen molar-refractivity contribution in [2.45, 2.75) is 33.2 Å². The second kappa shape index (κ2) is 2.73. The molecule has 0 saturated carbocycles. The standard InChI is InChI=1S/C9H14N2O/c1-7(12)8-5-10-6-11(8)9(2,3)4/h5-6H,1-4H3. The van der Waals surface area contributed by atoms with Gasteiger partial charge < -0.3 is 4.57 Å². The molecule has 1 aromatic heterocycles. The third kappa shape index (κ3) is 1.55. The summed E-state index contributed by atoms with van der Waals surface area (Å²) in [5.74, 6) is 0.0578. The highest BCUT2D eigenvalue weighted by Gasteiger charge is 2.17. The summed E-state index contributed by atoms with van der Waals surface area (Å²) in [4.78, 5) is 15.1. The third-order valence-corrected chi connectivity index (χ3v) is 1.72.